The molecule has 0 saturated carbocycles. The summed E-state index contributed by atoms with van der Waals surface area (Å²) in [7, 11) is 0. The van der Waals surface area contributed by atoms with E-state index < -0.39 is 24.7 Å². The second kappa shape index (κ2) is 6.61. The van der Waals surface area contributed by atoms with Crippen LogP contribution in [0.2, 0.25) is 0 Å². The summed E-state index contributed by atoms with van der Waals surface area (Å²) in [5.41, 5.74) is 0. The highest BCUT2D eigenvalue weighted by molar-refractivity contribution is 5.93. The third kappa shape index (κ3) is 4.55. The highest BCUT2D eigenvalue weighted by Gasteiger charge is 2.43. The monoisotopic (exact) mass is 264 g/mol. The number of rotatable bonds is 3. The third-order valence-electron chi connectivity index (χ3n) is 2.56. The summed E-state index contributed by atoms with van der Waals surface area (Å²) in [6.07, 6.45) is -4.38. The Morgan fingerprint density at radius 1 is 1.44 bits per heavy atom. The predicted molar refractivity (Wildman–Crippen MR) is 58.7 cm³/mol. The normalized spacial score (nSPS) is 18.7. The van der Waals surface area contributed by atoms with E-state index in [1.54, 1.807) is 0 Å². The molecular formula is C11H15F3N2O2. The molecule has 1 heterocycles. The standard InChI is InChI=1S/C11H15F3N2O2/c1-2-3-10(17)15-8-9(11(12,13)14)16-4-6-18-7-5-16/h9H,4-8H2,1H3,(H,15,17). The number of hydrogen-bond donors (Lipinski definition) is 1. The average Bonchev–Trinajstić information content (AvgIpc) is 2.29. The minimum Gasteiger partial charge on any atom is -0.379 e. The molecule has 1 fully saturated rings. The maximum atomic E-state index is 12.9. The predicted octanol–water partition coefficient (Wildman–Crippen LogP) is 0.389. The molecule has 1 rings (SSSR count). The van der Waals surface area contributed by atoms with Crippen LogP contribution in [0.15, 0.2) is 0 Å². The zero-order valence-electron chi connectivity index (χ0n) is 10.0. The zero-order chi connectivity index (χ0) is 13.6. The van der Waals surface area contributed by atoms with Crippen LogP contribution in [-0.4, -0.2) is 55.9 Å². The summed E-state index contributed by atoms with van der Waals surface area (Å²) in [5, 5.41) is 2.17. The molecule has 4 nitrogen and oxygen atoms in total. The van der Waals surface area contributed by atoms with Crippen molar-refractivity contribution >= 4 is 5.91 Å². The number of morpholine rings is 1. The number of halogens is 3. The summed E-state index contributed by atoms with van der Waals surface area (Å²) >= 11 is 0. The van der Waals surface area contributed by atoms with E-state index in [1.807, 2.05) is 0 Å². The number of ether oxygens (including phenoxy) is 1. The quantitative estimate of drug-likeness (QED) is 0.750. The van der Waals surface area contributed by atoms with E-state index >= 15 is 0 Å². The van der Waals surface area contributed by atoms with E-state index in [2.05, 4.69) is 17.2 Å². The van der Waals surface area contributed by atoms with Gasteiger partial charge in [0.15, 0.2) is 0 Å². The van der Waals surface area contributed by atoms with Gasteiger partial charge in [-0.25, -0.2) is 0 Å². The average molecular weight is 264 g/mol. The van der Waals surface area contributed by atoms with Gasteiger partial charge in [-0.2, -0.15) is 13.2 Å². The van der Waals surface area contributed by atoms with Crippen LogP contribution < -0.4 is 5.32 Å². The van der Waals surface area contributed by atoms with Crippen molar-refractivity contribution in [2.24, 2.45) is 0 Å². The Hall–Kier alpha value is -1.26. The van der Waals surface area contributed by atoms with Crippen molar-refractivity contribution in [1.82, 2.24) is 10.2 Å². The summed E-state index contributed by atoms with van der Waals surface area (Å²) in [6, 6.07) is -1.69. The number of nitrogens with one attached hydrogen (secondary N) is 1. The number of alkyl halides is 3. The molecule has 1 aliphatic heterocycles. The van der Waals surface area contributed by atoms with E-state index in [0.717, 1.165) is 0 Å². The van der Waals surface area contributed by atoms with Crippen molar-refractivity contribution in [2.75, 3.05) is 32.8 Å². The molecule has 0 aromatic carbocycles. The first-order valence-corrected chi connectivity index (χ1v) is 5.54. The second-order valence-corrected chi connectivity index (χ2v) is 3.79. The van der Waals surface area contributed by atoms with Gasteiger partial charge in [0, 0.05) is 19.6 Å². The maximum Gasteiger partial charge on any atom is 0.405 e. The molecule has 0 aliphatic carbocycles. The third-order valence-corrected chi connectivity index (χ3v) is 2.56. The highest BCUT2D eigenvalue weighted by atomic mass is 19.4. The fraction of sp³-hybridized carbons (Fsp3) is 0.727. The van der Waals surface area contributed by atoms with Crippen molar-refractivity contribution in [2.45, 2.75) is 19.1 Å². The first-order chi connectivity index (χ1) is 8.45. The van der Waals surface area contributed by atoms with Gasteiger partial charge >= 0.3 is 6.18 Å². The molecule has 1 aliphatic rings. The molecule has 1 saturated heterocycles. The molecule has 0 spiro atoms. The molecule has 1 unspecified atom stereocenters. The maximum absolute atomic E-state index is 12.9. The molecule has 0 aromatic heterocycles. The van der Waals surface area contributed by atoms with Crippen LogP contribution in [0.5, 0.6) is 0 Å². The summed E-state index contributed by atoms with van der Waals surface area (Å²) in [4.78, 5) is 12.3. The van der Waals surface area contributed by atoms with Gasteiger partial charge in [-0.3, -0.25) is 9.69 Å². The first kappa shape index (κ1) is 14.8. The van der Waals surface area contributed by atoms with Crippen LogP contribution in [0.4, 0.5) is 13.2 Å². The molecule has 102 valence electrons. The largest absolute Gasteiger partial charge is 0.405 e. The number of hydrogen-bond acceptors (Lipinski definition) is 3. The highest BCUT2D eigenvalue weighted by Crippen LogP contribution is 2.25. The Balaban J connectivity index is 2.60. The van der Waals surface area contributed by atoms with Crippen molar-refractivity contribution < 1.29 is 22.7 Å². The molecule has 1 atom stereocenters. The number of carbonyl (C=O) groups excluding carboxylic acids is 1. The van der Waals surface area contributed by atoms with Crippen molar-refractivity contribution in [3.05, 3.63) is 0 Å². The zero-order valence-corrected chi connectivity index (χ0v) is 10.0. The van der Waals surface area contributed by atoms with Crippen LogP contribution in [0.3, 0.4) is 0 Å². The SMILES string of the molecule is CC#CC(=O)NCC(N1CCOCC1)C(F)(F)F. The number of carbonyl (C=O) groups is 1. The summed E-state index contributed by atoms with van der Waals surface area (Å²) in [5.74, 6) is 3.78. The van der Waals surface area contributed by atoms with E-state index in [-0.39, 0.29) is 26.3 Å². The molecule has 7 heteroatoms. The first-order valence-electron chi connectivity index (χ1n) is 5.54. The van der Waals surface area contributed by atoms with Crippen molar-refractivity contribution in [3.63, 3.8) is 0 Å². The minimum absolute atomic E-state index is 0.208. The van der Waals surface area contributed by atoms with Crippen molar-refractivity contribution in [3.8, 4) is 11.8 Å². The molecule has 18 heavy (non-hydrogen) atoms. The Bertz CT molecular complexity index is 340. The van der Waals surface area contributed by atoms with Crippen LogP contribution in [-0.2, 0) is 9.53 Å². The van der Waals surface area contributed by atoms with E-state index in [0.29, 0.717) is 0 Å². The Morgan fingerprint density at radius 2 is 2.06 bits per heavy atom. The van der Waals surface area contributed by atoms with Gasteiger partial charge in [0.05, 0.1) is 13.2 Å². The lowest BCUT2D eigenvalue weighted by Gasteiger charge is -2.35. The Morgan fingerprint density at radius 3 is 2.56 bits per heavy atom. The number of nitrogens with zero attached hydrogens (tertiary/aromatic N) is 1. The second-order valence-electron chi connectivity index (χ2n) is 3.79. The summed E-state index contributed by atoms with van der Waals surface area (Å²) in [6.45, 7) is 1.92. The van der Waals surface area contributed by atoms with Crippen molar-refractivity contribution in [1.29, 1.82) is 0 Å². The van der Waals surface area contributed by atoms with Gasteiger partial charge in [0.1, 0.15) is 6.04 Å². The lowest BCUT2D eigenvalue weighted by Crippen LogP contribution is -2.55. The van der Waals surface area contributed by atoms with E-state index in [1.165, 1.54) is 11.8 Å². The lowest BCUT2D eigenvalue weighted by atomic mass is 10.2. The Labute approximate surface area is 103 Å². The fourth-order valence-electron chi connectivity index (χ4n) is 1.69. The fourth-order valence-corrected chi connectivity index (χ4v) is 1.69. The Kier molecular flexibility index (Phi) is 5.44. The van der Waals surface area contributed by atoms with Crippen LogP contribution in [0, 0.1) is 11.8 Å². The molecule has 0 bridgehead atoms. The topological polar surface area (TPSA) is 41.6 Å². The molecule has 0 radical (unpaired) electrons. The van der Waals surface area contributed by atoms with Gasteiger partial charge in [-0.1, -0.05) is 5.92 Å². The van der Waals surface area contributed by atoms with Gasteiger partial charge in [-0.15, -0.1) is 0 Å². The summed E-state index contributed by atoms with van der Waals surface area (Å²) < 4.78 is 43.6. The smallest absolute Gasteiger partial charge is 0.379 e. The van der Waals surface area contributed by atoms with E-state index in [4.69, 9.17) is 4.74 Å². The van der Waals surface area contributed by atoms with Gasteiger partial charge in [0.25, 0.3) is 5.91 Å². The minimum atomic E-state index is -4.38. The molecule has 0 aromatic rings. The van der Waals surface area contributed by atoms with Gasteiger partial charge in [-0.05, 0) is 12.8 Å². The van der Waals surface area contributed by atoms with Crippen LogP contribution in [0.1, 0.15) is 6.92 Å². The van der Waals surface area contributed by atoms with Gasteiger partial charge < -0.3 is 10.1 Å². The van der Waals surface area contributed by atoms with Gasteiger partial charge in [0.2, 0.25) is 0 Å². The van der Waals surface area contributed by atoms with E-state index in [9.17, 15) is 18.0 Å². The molecule has 1 N–H and O–H groups in total. The van der Waals surface area contributed by atoms with Crippen LogP contribution in [0.25, 0.3) is 0 Å². The molecular weight excluding hydrogens is 249 g/mol. The lowest BCUT2D eigenvalue weighted by molar-refractivity contribution is -0.190. The number of amides is 1. The molecule has 1 amide bonds. The van der Waals surface area contributed by atoms with Crippen LogP contribution >= 0.6 is 0 Å².